The Hall–Kier alpha value is -2.29. The molecule has 2 aromatic heterocycles. The lowest BCUT2D eigenvalue weighted by Gasteiger charge is -2.07. The summed E-state index contributed by atoms with van der Waals surface area (Å²) in [5, 5.41) is 13.0. The van der Waals surface area contributed by atoms with Crippen LogP contribution < -0.4 is 28.5 Å². The molecular formula is C24H19IN2OS2. The Kier molecular flexibility index (Phi) is 5.90. The SMILES string of the molecule is Cc1cc(/C=C/c2sc3ccccc3[n+]2C)c(O)c(-c2nc3ccccc3s2)c1.[I-]. The Morgan fingerprint density at radius 1 is 0.933 bits per heavy atom. The van der Waals surface area contributed by atoms with Crippen molar-refractivity contribution in [1.82, 2.24) is 4.98 Å². The number of hydrogen-bond donors (Lipinski definition) is 1. The third-order valence-electron chi connectivity index (χ3n) is 4.99. The molecule has 0 unspecified atom stereocenters. The molecule has 0 spiro atoms. The number of thiazole rings is 2. The van der Waals surface area contributed by atoms with Gasteiger partial charge in [0.1, 0.15) is 22.5 Å². The van der Waals surface area contributed by atoms with Crippen LogP contribution in [0.1, 0.15) is 16.1 Å². The van der Waals surface area contributed by atoms with Crippen molar-refractivity contribution in [3.63, 3.8) is 0 Å². The minimum absolute atomic E-state index is 0. The first-order chi connectivity index (χ1) is 14.1. The zero-order valence-corrected chi connectivity index (χ0v) is 20.3. The summed E-state index contributed by atoms with van der Waals surface area (Å²) in [6.45, 7) is 2.05. The molecule has 0 aliphatic heterocycles. The second kappa shape index (κ2) is 8.45. The zero-order valence-electron chi connectivity index (χ0n) is 16.5. The zero-order chi connectivity index (χ0) is 20.0. The molecule has 3 nitrogen and oxygen atoms in total. The average molecular weight is 542 g/mol. The average Bonchev–Trinajstić information content (AvgIpc) is 3.30. The fourth-order valence-electron chi connectivity index (χ4n) is 3.51. The Bertz CT molecular complexity index is 1370. The Morgan fingerprint density at radius 3 is 2.43 bits per heavy atom. The monoisotopic (exact) mass is 542 g/mol. The van der Waals surface area contributed by atoms with Gasteiger partial charge in [0.05, 0.1) is 15.8 Å². The van der Waals surface area contributed by atoms with Crippen LogP contribution in [0.4, 0.5) is 0 Å². The molecule has 150 valence electrons. The molecule has 6 heteroatoms. The second-order valence-electron chi connectivity index (χ2n) is 7.04. The molecule has 30 heavy (non-hydrogen) atoms. The third kappa shape index (κ3) is 3.75. The van der Waals surface area contributed by atoms with E-state index in [4.69, 9.17) is 4.98 Å². The number of benzene rings is 3. The van der Waals surface area contributed by atoms with Crippen LogP contribution in [0.15, 0.2) is 60.7 Å². The minimum atomic E-state index is 0. The van der Waals surface area contributed by atoms with Gasteiger partial charge in [0, 0.05) is 17.7 Å². The van der Waals surface area contributed by atoms with E-state index in [-0.39, 0.29) is 29.7 Å². The number of halogens is 1. The van der Waals surface area contributed by atoms with Crippen molar-refractivity contribution in [2.75, 3.05) is 0 Å². The van der Waals surface area contributed by atoms with Crippen LogP contribution in [0.2, 0.25) is 0 Å². The number of hydrogen-bond acceptors (Lipinski definition) is 4. The summed E-state index contributed by atoms with van der Waals surface area (Å²) in [4.78, 5) is 4.72. The molecule has 5 rings (SSSR count). The van der Waals surface area contributed by atoms with Crippen molar-refractivity contribution < 1.29 is 33.7 Å². The first-order valence-electron chi connectivity index (χ1n) is 9.35. The first-order valence-corrected chi connectivity index (χ1v) is 11.0. The number of phenols is 1. The summed E-state index contributed by atoms with van der Waals surface area (Å²) < 4.78 is 4.55. The Balaban J connectivity index is 0.00000218. The largest absolute Gasteiger partial charge is 1.00 e. The van der Waals surface area contributed by atoms with E-state index in [2.05, 4.69) is 48.0 Å². The lowest BCUT2D eigenvalue weighted by Crippen LogP contribution is -3.00. The highest BCUT2D eigenvalue weighted by molar-refractivity contribution is 7.21. The van der Waals surface area contributed by atoms with Gasteiger partial charge in [-0.3, -0.25) is 0 Å². The van der Waals surface area contributed by atoms with Crippen LogP contribution in [-0.4, -0.2) is 10.1 Å². The molecular weight excluding hydrogens is 523 g/mol. The first kappa shape index (κ1) is 21.0. The van der Waals surface area contributed by atoms with Gasteiger partial charge in [-0.25, -0.2) is 4.98 Å². The highest BCUT2D eigenvalue weighted by atomic mass is 127. The van der Waals surface area contributed by atoms with Gasteiger partial charge in [-0.1, -0.05) is 35.6 Å². The lowest BCUT2D eigenvalue weighted by molar-refractivity contribution is -0.642. The lowest BCUT2D eigenvalue weighted by atomic mass is 10.0. The van der Waals surface area contributed by atoms with Crippen molar-refractivity contribution in [3.8, 4) is 16.3 Å². The highest BCUT2D eigenvalue weighted by Crippen LogP contribution is 2.38. The van der Waals surface area contributed by atoms with E-state index in [0.717, 1.165) is 36.9 Å². The van der Waals surface area contributed by atoms with E-state index in [9.17, 15) is 5.11 Å². The smallest absolute Gasteiger partial charge is 0.262 e. The van der Waals surface area contributed by atoms with Crippen LogP contribution >= 0.6 is 22.7 Å². The van der Waals surface area contributed by atoms with Crippen LogP contribution in [0.3, 0.4) is 0 Å². The number of rotatable bonds is 3. The van der Waals surface area contributed by atoms with Gasteiger partial charge in [0.2, 0.25) is 5.52 Å². The maximum absolute atomic E-state index is 11.0. The Morgan fingerprint density at radius 2 is 1.67 bits per heavy atom. The summed E-state index contributed by atoms with van der Waals surface area (Å²) >= 11 is 3.35. The molecule has 0 atom stereocenters. The molecule has 0 amide bonds. The van der Waals surface area contributed by atoms with Crippen molar-refractivity contribution in [3.05, 3.63) is 76.8 Å². The minimum Gasteiger partial charge on any atom is -1.00 e. The van der Waals surface area contributed by atoms with E-state index in [1.165, 1.54) is 10.2 Å². The van der Waals surface area contributed by atoms with E-state index >= 15 is 0 Å². The molecule has 0 radical (unpaired) electrons. The molecule has 1 N–H and O–H groups in total. The van der Waals surface area contributed by atoms with Gasteiger partial charge in [0.15, 0.2) is 0 Å². The summed E-state index contributed by atoms with van der Waals surface area (Å²) in [7, 11) is 2.07. The fourth-order valence-corrected chi connectivity index (χ4v) is 5.55. The van der Waals surface area contributed by atoms with E-state index < -0.39 is 0 Å². The number of aromatic nitrogens is 2. The van der Waals surface area contributed by atoms with Crippen molar-refractivity contribution in [2.24, 2.45) is 7.05 Å². The third-order valence-corrected chi connectivity index (χ3v) is 7.24. The van der Waals surface area contributed by atoms with Crippen LogP contribution in [0.5, 0.6) is 5.75 Å². The predicted octanol–water partition coefficient (Wildman–Crippen LogP) is 3.19. The molecule has 0 fully saturated rings. The molecule has 0 saturated carbocycles. The molecule has 0 bridgehead atoms. The molecule has 0 saturated heterocycles. The highest BCUT2D eigenvalue weighted by Gasteiger charge is 2.16. The molecule has 0 aliphatic carbocycles. The summed E-state index contributed by atoms with van der Waals surface area (Å²) in [5.41, 5.74) is 4.85. The van der Waals surface area contributed by atoms with Crippen molar-refractivity contribution in [1.29, 1.82) is 0 Å². The molecule has 2 heterocycles. The maximum Gasteiger partial charge on any atom is 0.262 e. The maximum atomic E-state index is 11.0. The second-order valence-corrected chi connectivity index (χ2v) is 9.13. The van der Waals surface area contributed by atoms with Crippen LogP contribution in [0, 0.1) is 6.92 Å². The number of aryl methyl sites for hydroxylation is 2. The standard InChI is InChI=1S/C24H18N2OS2.HI/c1-15-13-16(11-12-22-26(2)19-8-4-6-10-21(19)28-22)23(27)17(14-15)24-25-18-7-3-5-9-20(18)29-24;/h3-14H,1-2H3;1H. The van der Waals surface area contributed by atoms with Crippen LogP contribution in [-0.2, 0) is 7.05 Å². The van der Waals surface area contributed by atoms with Gasteiger partial charge in [-0.15, -0.1) is 11.3 Å². The van der Waals surface area contributed by atoms with Gasteiger partial charge in [-0.05, 0) is 48.9 Å². The Labute approximate surface area is 200 Å². The number of phenolic OH excluding ortho intramolecular Hbond substituents is 1. The van der Waals surface area contributed by atoms with E-state index in [0.29, 0.717) is 0 Å². The van der Waals surface area contributed by atoms with Crippen molar-refractivity contribution >= 4 is 55.3 Å². The number of para-hydroxylation sites is 2. The fraction of sp³-hybridized carbons (Fsp3) is 0.0833. The quantitative estimate of drug-likeness (QED) is 0.281. The number of fused-ring (bicyclic) bond motifs is 2. The number of nitrogens with zero attached hydrogens (tertiary/aromatic N) is 2. The summed E-state index contributed by atoms with van der Waals surface area (Å²) in [5.74, 6) is 0.273. The number of aromatic hydroxyl groups is 1. The van der Waals surface area contributed by atoms with E-state index in [1.54, 1.807) is 22.7 Å². The normalized spacial score (nSPS) is 11.4. The van der Waals surface area contributed by atoms with Gasteiger partial charge < -0.3 is 29.1 Å². The summed E-state index contributed by atoms with van der Waals surface area (Å²) in [6, 6.07) is 20.4. The van der Waals surface area contributed by atoms with Gasteiger partial charge >= 0.3 is 0 Å². The predicted molar refractivity (Wildman–Crippen MR) is 123 cm³/mol. The summed E-state index contributed by atoms with van der Waals surface area (Å²) in [6.07, 6.45) is 4.06. The molecule has 5 aromatic rings. The van der Waals surface area contributed by atoms with Crippen LogP contribution in [0.25, 0.3) is 43.2 Å². The topological polar surface area (TPSA) is 37.0 Å². The van der Waals surface area contributed by atoms with Gasteiger partial charge in [-0.2, -0.15) is 4.57 Å². The molecule has 3 aromatic carbocycles. The van der Waals surface area contributed by atoms with E-state index in [1.807, 2.05) is 43.3 Å². The van der Waals surface area contributed by atoms with Gasteiger partial charge in [0.25, 0.3) is 5.01 Å². The van der Waals surface area contributed by atoms with Crippen molar-refractivity contribution in [2.45, 2.75) is 6.92 Å². The molecule has 0 aliphatic rings.